The third-order valence-corrected chi connectivity index (χ3v) is 24.7. The number of nitrogens with two attached hydrogens (primary N) is 1. The predicted octanol–water partition coefficient (Wildman–Crippen LogP) is 14.9. The standard InChI is InChI=1S/2C28H30ClN9OS.C28H32N10O3S2/c1-18-5-4-8-36(13-18)16-23-10-26(40-35-23)34-27-28-30-12-24(38(28)14-19(2)32-27)20-11-31-37(15-20)17-25(39)33-22-7-3-6-21(29)9-22;1-18-4-3-9-36(13-18)16-23-10-26(40-35-23)34-27-28-30-12-24(38(28)14-19(2)32-27)20-11-31-37(15-20)17-25(39)33-22-7-5-21(29)6-8-22;1-18-4-3-9-36(13-18)16-22-10-26(42-35-22)34-27-28-30-12-24(38(28)14-19(2)32-27)20-11-31-37(15-20)17-25(39)33-21-5-7-23(8-6-21)43(29,40)41/h3,6-7,9-12,14-15,18H,4-5,8,13,16-17H2,1-2H3,(H,32,34)(H,33,39);5-8,10-12,14-15,18H,3-4,9,13,16-17H2,1-2H3,(H,32,34)(H,33,39);5-8,10-12,14-15,18H,3-4,9,13,16-17H2,1-2H3,(H,32,34)(H,33,39)(H2,29,40,41). The van der Waals surface area contributed by atoms with Crippen molar-refractivity contribution in [2.24, 2.45) is 22.9 Å². The van der Waals surface area contributed by atoms with E-state index >= 15 is 0 Å². The van der Waals surface area contributed by atoms with Gasteiger partial charge in [-0.1, -0.05) is 50.0 Å². The number of anilines is 9. The molecule has 3 aliphatic rings. The van der Waals surface area contributed by atoms with E-state index in [2.05, 4.69) is 129 Å². The number of halogens is 2. The van der Waals surface area contributed by atoms with Crippen molar-refractivity contribution >= 4 is 152 Å². The van der Waals surface area contributed by atoms with Crippen LogP contribution in [0.2, 0.25) is 10.0 Å². The van der Waals surface area contributed by atoms with Crippen LogP contribution in [0, 0.1) is 38.5 Å². The van der Waals surface area contributed by atoms with Crippen LogP contribution in [-0.4, -0.2) is 166 Å². The van der Waals surface area contributed by atoms with E-state index in [-0.39, 0.29) is 42.3 Å². The van der Waals surface area contributed by atoms with Crippen molar-refractivity contribution in [1.29, 1.82) is 0 Å². The van der Waals surface area contributed by atoms with Crippen molar-refractivity contribution in [2.75, 3.05) is 71.2 Å². The number of sulfonamides is 1. The molecule has 18 rings (SSSR count). The molecule has 0 radical (unpaired) electrons. The van der Waals surface area contributed by atoms with Gasteiger partial charge in [-0.15, -0.1) is 0 Å². The maximum atomic E-state index is 12.6. The number of benzene rings is 3. The van der Waals surface area contributed by atoms with Gasteiger partial charge in [0.1, 0.15) is 34.6 Å². The normalized spacial score (nSPS) is 16.0. The lowest BCUT2D eigenvalue weighted by Gasteiger charge is -2.30. The predicted molar refractivity (Wildman–Crippen MR) is 481 cm³/mol. The molecular weight excluding hydrogens is 1680 g/mol. The maximum absolute atomic E-state index is 12.6. The Morgan fingerprint density at radius 1 is 0.447 bits per heavy atom. The Morgan fingerprint density at radius 3 is 1.14 bits per heavy atom. The van der Waals surface area contributed by atoms with Crippen molar-refractivity contribution in [1.82, 2.24) is 100 Å². The Hall–Kier alpha value is -11.8. The van der Waals surface area contributed by atoms with E-state index in [1.807, 2.05) is 65.0 Å². The summed E-state index contributed by atoms with van der Waals surface area (Å²) in [6.07, 6.45) is 29.4. The average molecular weight is 1770 g/mol. The molecule has 0 saturated carbocycles. The molecule has 0 bridgehead atoms. The molecule has 3 amide bonds. The van der Waals surface area contributed by atoms with E-state index in [0.29, 0.717) is 61.5 Å². The summed E-state index contributed by atoms with van der Waals surface area (Å²) in [6, 6.07) is 26.0. The van der Waals surface area contributed by atoms with E-state index in [4.69, 9.17) is 43.3 Å². The molecule has 0 spiro atoms. The van der Waals surface area contributed by atoms with Gasteiger partial charge in [-0.3, -0.25) is 56.3 Å². The zero-order valence-corrected chi connectivity index (χ0v) is 73.2. The van der Waals surface area contributed by atoms with Crippen molar-refractivity contribution in [3.63, 3.8) is 0 Å². The molecule has 3 unspecified atom stereocenters. The monoisotopic (exact) mass is 1770 g/mol. The Kier molecular flexibility index (Phi) is 26.1. The first-order valence-electron chi connectivity index (χ1n) is 40.4. The van der Waals surface area contributed by atoms with Crippen LogP contribution in [0.1, 0.15) is 93.5 Å². The van der Waals surface area contributed by atoms with E-state index < -0.39 is 10.0 Å². The van der Waals surface area contributed by atoms with Crippen LogP contribution in [0.3, 0.4) is 0 Å². The molecule has 39 heteroatoms. The van der Waals surface area contributed by atoms with Crippen LogP contribution in [0.25, 0.3) is 50.7 Å². The molecule has 0 aliphatic carbocycles. The fourth-order valence-electron chi connectivity index (χ4n) is 15.5. The van der Waals surface area contributed by atoms with Gasteiger partial charge in [-0.05, 0) is 216 Å². The Bertz CT molecular complexity index is 6390. The van der Waals surface area contributed by atoms with Crippen LogP contribution in [0.4, 0.5) is 49.5 Å². The van der Waals surface area contributed by atoms with Crippen molar-refractivity contribution in [2.45, 2.75) is 124 Å². The number of carbonyl (C=O) groups is 3. The molecule has 8 N–H and O–H groups in total. The molecule has 3 aromatic carbocycles. The van der Waals surface area contributed by atoms with Gasteiger partial charge in [0.25, 0.3) is 0 Å². The number of aryl methyl sites for hydroxylation is 3. The lowest BCUT2D eigenvalue weighted by molar-refractivity contribution is -0.117. The summed E-state index contributed by atoms with van der Waals surface area (Å²) in [6.45, 7) is 22.2. The van der Waals surface area contributed by atoms with Gasteiger partial charge >= 0.3 is 0 Å². The summed E-state index contributed by atoms with van der Waals surface area (Å²) in [5, 5.41) is 40.9. The number of hydrogen-bond donors (Lipinski definition) is 7. The van der Waals surface area contributed by atoms with Crippen LogP contribution in [0.15, 0.2) is 170 Å². The van der Waals surface area contributed by atoms with E-state index in [9.17, 15) is 22.8 Å². The third-order valence-electron chi connectivity index (χ3n) is 21.0. The van der Waals surface area contributed by atoms with Gasteiger partial charge in [0, 0.05) is 120 Å². The SMILES string of the molecule is Cc1cn2c(-c3cnn(CC(=O)Nc4ccc(Cl)cc4)c3)cnc2c(Nc2cc(CN3CCCC(C)C3)ns2)n1.Cc1cn2c(-c3cnn(CC(=O)Nc4ccc(S(N)(=O)=O)cc4)c3)cnc2c(Nc2cc(CN3CCCC(C)C3)ns2)n1.Cc1cn2c(-c3cnn(CC(=O)Nc4cccc(Cl)c4)c3)cnc2c(Nc2cc(CN3CCCC(C)C3)ns2)n1. The number of fused-ring (bicyclic) bond motifs is 3. The second-order valence-electron chi connectivity index (χ2n) is 31.6. The highest BCUT2D eigenvalue weighted by Crippen LogP contribution is 2.34. The number of hydrogen-bond acceptors (Lipinski definition) is 26. The van der Waals surface area contributed by atoms with E-state index in [1.165, 1.54) is 102 Å². The largest absolute Gasteiger partial charge is 0.328 e. The Morgan fingerprint density at radius 2 is 0.797 bits per heavy atom. The zero-order valence-electron chi connectivity index (χ0n) is 68.4. The number of primary sulfonamides is 1. The number of nitrogens with one attached hydrogen (secondary N) is 6. The molecule has 3 saturated heterocycles. The number of rotatable bonds is 25. The highest BCUT2D eigenvalue weighted by Gasteiger charge is 2.25. The van der Waals surface area contributed by atoms with Crippen molar-refractivity contribution in [3.05, 3.63) is 210 Å². The van der Waals surface area contributed by atoms with Crippen LogP contribution in [0.5, 0.6) is 0 Å². The molecule has 12 aromatic heterocycles. The molecule has 15 aromatic rings. The maximum Gasteiger partial charge on any atom is 0.246 e. The first-order valence-corrected chi connectivity index (χ1v) is 45.0. The zero-order chi connectivity index (χ0) is 85.4. The number of imidazole rings is 3. The molecule has 3 aliphatic heterocycles. The summed E-state index contributed by atoms with van der Waals surface area (Å²) < 4.78 is 47.6. The number of carbonyl (C=O) groups excluding carboxylic acids is 3. The molecule has 15 heterocycles. The second kappa shape index (κ2) is 37.9. The lowest BCUT2D eigenvalue weighted by Crippen LogP contribution is -2.33. The van der Waals surface area contributed by atoms with Crippen molar-refractivity contribution in [3.8, 4) is 33.8 Å². The highest BCUT2D eigenvalue weighted by atomic mass is 35.5. The van der Waals surface area contributed by atoms with Crippen LogP contribution < -0.4 is 37.0 Å². The summed E-state index contributed by atoms with van der Waals surface area (Å²) >= 11 is 16.2. The summed E-state index contributed by atoms with van der Waals surface area (Å²) in [7, 11) is -3.80. The lowest BCUT2D eigenvalue weighted by atomic mass is 10.0. The third kappa shape index (κ3) is 21.8. The molecule has 123 heavy (non-hydrogen) atoms. The van der Waals surface area contributed by atoms with Gasteiger partial charge in [-0.2, -0.15) is 28.4 Å². The molecule has 3 fully saturated rings. The Balaban J connectivity index is 0.000000137. The minimum Gasteiger partial charge on any atom is -0.328 e. The highest BCUT2D eigenvalue weighted by molar-refractivity contribution is 7.89. The smallest absolute Gasteiger partial charge is 0.246 e. The summed E-state index contributed by atoms with van der Waals surface area (Å²) in [5.74, 6) is 3.48. The number of amides is 3. The van der Waals surface area contributed by atoms with Gasteiger partial charge in [0.05, 0.1) is 93.3 Å². The minimum absolute atomic E-state index is 0.0293. The molecule has 636 valence electrons. The average Bonchev–Trinajstić information content (AvgIpc) is 1.64. The van der Waals surface area contributed by atoms with Crippen LogP contribution in [-0.2, 0) is 63.7 Å². The van der Waals surface area contributed by atoms with Gasteiger partial charge in [-0.25, -0.2) is 43.5 Å². The molecule has 33 nitrogen and oxygen atoms in total. The number of nitrogens with zero attached hydrogens (tertiary/aromatic N) is 21. The van der Waals surface area contributed by atoms with Gasteiger partial charge < -0.3 is 31.9 Å². The van der Waals surface area contributed by atoms with E-state index in [0.717, 1.165) is 160 Å². The quantitative estimate of drug-likeness (QED) is 0.0279. The van der Waals surface area contributed by atoms with Crippen molar-refractivity contribution < 1.29 is 22.8 Å². The van der Waals surface area contributed by atoms with Crippen LogP contribution >= 0.6 is 57.8 Å². The fraction of sp³-hybridized carbons (Fsp3) is 0.321. The minimum atomic E-state index is -3.80. The first kappa shape index (κ1) is 84.8. The van der Waals surface area contributed by atoms with Gasteiger partial charge in [0.2, 0.25) is 27.7 Å². The number of likely N-dealkylation sites (tertiary alicyclic amines) is 3. The summed E-state index contributed by atoms with van der Waals surface area (Å²) in [5.41, 5.74) is 14.5. The summed E-state index contributed by atoms with van der Waals surface area (Å²) in [4.78, 5) is 73.2. The topological polar surface area (TPSA) is 376 Å². The van der Waals surface area contributed by atoms with Gasteiger partial charge in [0.15, 0.2) is 34.4 Å². The second-order valence-corrected chi connectivity index (χ2v) is 36.4. The Labute approximate surface area is 731 Å². The molecule has 3 atom stereocenters. The number of piperidine rings is 3. The number of aromatic nitrogens is 18. The molecular formula is C84H92Cl2N28O5S4. The fourth-order valence-corrected chi connectivity index (χ4v) is 18.3. The first-order chi connectivity index (χ1) is 59.4. The van der Waals surface area contributed by atoms with E-state index in [1.54, 1.807) is 101 Å².